The molecule has 0 aromatic heterocycles. The maximum Gasteiger partial charge on any atom is 0.136 e. The zero-order valence-corrected chi connectivity index (χ0v) is 6.97. The molecule has 0 bridgehead atoms. The number of carbonyl (C=O) groups excluding carboxylic acids is 1. The number of ketones is 1. The lowest BCUT2D eigenvalue weighted by molar-refractivity contribution is -0.121. The van der Waals surface area contributed by atoms with Gasteiger partial charge in [0.2, 0.25) is 0 Å². The molecule has 0 radical (unpaired) electrons. The van der Waals surface area contributed by atoms with Gasteiger partial charge in [0.05, 0.1) is 0 Å². The van der Waals surface area contributed by atoms with E-state index in [1.54, 1.807) is 0 Å². The van der Waals surface area contributed by atoms with Crippen LogP contribution in [0.15, 0.2) is 11.6 Å². The van der Waals surface area contributed by atoms with Crippen LogP contribution in [0, 0.1) is 11.8 Å². The van der Waals surface area contributed by atoms with E-state index in [2.05, 4.69) is 13.0 Å². The fourth-order valence-electron chi connectivity index (χ4n) is 2.34. The van der Waals surface area contributed by atoms with Crippen molar-refractivity contribution >= 4 is 5.78 Å². The number of rotatable bonds is 0. The van der Waals surface area contributed by atoms with Crippen LogP contribution in [0.1, 0.15) is 32.6 Å². The van der Waals surface area contributed by atoms with Crippen LogP contribution in [0.3, 0.4) is 0 Å². The number of fused-ring (bicyclic) bond motifs is 1. The van der Waals surface area contributed by atoms with Crippen molar-refractivity contribution in [1.82, 2.24) is 0 Å². The number of allylic oxidation sites excluding steroid dienone is 2. The first-order valence-electron chi connectivity index (χ1n) is 4.47. The minimum Gasteiger partial charge on any atom is -0.299 e. The van der Waals surface area contributed by atoms with Gasteiger partial charge in [-0.15, -0.1) is 0 Å². The zero-order valence-electron chi connectivity index (χ0n) is 6.97. The van der Waals surface area contributed by atoms with Crippen molar-refractivity contribution in [2.45, 2.75) is 32.6 Å². The SMILES string of the molecule is CC1=CC2CCC(=O)C2CC1. The lowest BCUT2D eigenvalue weighted by Crippen LogP contribution is -2.16. The molecule has 1 heteroatoms. The van der Waals surface area contributed by atoms with Gasteiger partial charge in [-0.3, -0.25) is 4.79 Å². The molecule has 2 aliphatic carbocycles. The van der Waals surface area contributed by atoms with E-state index in [1.807, 2.05) is 0 Å². The molecule has 0 aliphatic heterocycles. The van der Waals surface area contributed by atoms with Gasteiger partial charge in [-0.05, 0) is 32.1 Å². The van der Waals surface area contributed by atoms with E-state index in [0.29, 0.717) is 17.6 Å². The molecule has 1 saturated carbocycles. The van der Waals surface area contributed by atoms with Crippen molar-refractivity contribution < 1.29 is 4.79 Å². The molecular formula is C10H14O. The Morgan fingerprint density at radius 3 is 3.00 bits per heavy atom. The summed E-state index contributed by atoms with van der Waals surface area (Å²) in [5.41, 5.74) is 1.49. The molecule has 1 fully saturated rings. The van der Waals surface area contributed by atoms with Crippen molar-refractivity contribution in [3.05, 3.63) is 11.6 Å². The molecule has 0 amide bonds. The van der Waals surface area contributed by atoms with Crippen molar-refractivity contribution in [2.24, 2.45) is 11.8 Å². The third-order valence-corrected chi connectivity index (χ3v) is 3.00. The van der Waals surface area contributed by atoms with Gasteiger partial charge in [0, 0.05) is 12.3 Å². The van der Waals surface area contributed by atoms with Gasteiger partial charge in [0.15, 0.2) is 0 Å². The highest BCUT2D eigenvalue weighted by Crippen LogP contribution is 2.38. The molecule has 2 atom stereocenters. The maximum atomic E-state index is 11.3. The van der Waals surface area contributed by atoms with Gasteiger partial charge in [-0.2, -0.15) is 0 Å². The van der Waals surface area contributed by atoms with Gasteiger partial charge in [-0.1, -0.05) is 11.6 Å². The lowest BCUT2D eigenvalue weighted by Gasteiger charge is -2.21. The molecule has 1 nitrogen and oxygen atoms in total. The van der Waals surface area contributed by atoms with E-state index < -0.39 is 0 Å². The Morgan fingerprint density at radius 1 is 1.36 bits per heavy atom. The Morgan fingerprint density at radius 2 is 2.18 bits per heavy atom. The zero-order chi connectivity index (χ0) is 7.84. The number of carbonyl (C=O) groups is 1. The molecule has 0 aromatic carbocycles. The van der Waals surface area contributed by atoms with Gasteiger partial charge in [-0.25, -0.2) is 0 Å². The lowest BCUT2D eigenvalue weighted by atomic mass is 9.83. The van der Waals surface area contributed by atoms with Crippen LogP contribution in [0.4, 0.5) is 0 Å². The van der Waals surface area contributed by atoms with Crippen LogP contribution in [-0.4, -0.2) is 5.78 Å². The molecule has 0 N–H and O–H groups in total. The van der Waals surface area contributed by atoms with Gasteiger partial charge in [0.1, 0.15) is 5.78 Å². The quantitative estimate of drug-likeness (QED) is 0.484. The summed E-state index contributed by atoms with van der Waals surface area (Å²) >= 11 is 0. The van der Waals surface area contributed by atoms with Crippen LogP contribution in [0.25, 0.3) is 0 Å². The summed E-state index contributed by atoms with van der Waals surface area (Å²) in [6.45, 7) is 2.18. The highest BCUT2D eigenvalue weighted by atomic mass is 16.1. The van der Waals surface area contributed by atoms with Crippen molar-refractivity contribution in [2.75, 3.05) is 0 Å². The molecular weight excluding hydrogens is 136 g/mol. The summed E-state index contributed by atoms with van der Waals surface area (Å²) in [5.74, 6) is 1.52. The molecule has 2 unspecified atom stereocenters. The van der Waals surface area contributed by atoms with Crippen LogP contribution in [0.2, 0.25) is 0 Å². The van der Waals surface area contributed by atoms with Gasteiger partial charge in [0.25, 0.3) is 0 Å². The molecule has 11 heavy (non-hydrogen) atoms. The van der Waals surface area contributed by atoms with E-state index >= 15 is 0 Å². The summed E-state index contributed by atoms with van der Waals surface area (Å²) in [6.07, 6.45) is 6.53. The minimum atomic E-state index is 0.402. The minimum absolute atomic E-state index is 0.402. The van der Waals surface area contributed by atoms with Crippen LogP contribution in [-0.2, 0) is 4.79 Å². The van der Waals surface area contributed by atoms with Crippen molar-refractivity contribution in [3.63, 3.8) is 0 Å². The predicted molar refractivity (Wildman–Crippen MR) is 44.2 cm³/mol. The van der Waals surface area contributed by atoms with Crippen LogP contribution >= 0.6 is 0 Å². The summed E-state index contributed by atoms with van der Waals surface area (Å²) in [4.78, 5) is 11.3. The monoisotopic (exact) mass is 150 g/mol. The van der Waals surface area contributed by atoms with E-state index in [1.165, 1.54) is 5.57 Å². The smallest absolute Gasteiger partial charge is 0.136 e. The Bertz CT molecular complexity index is 215. The highest BCUT2D eigenvalue weighted by molar-refractivity contribution is 5.84. The second kappa shape index (κ2) is 2.47. The Labute approximate surface area is 67.5 Å². The van der Waals surface area contributed by atoms with E-state index in [0.717, 1.165) is 25.7 Å². The summed E-state index contributed by atoms with van der Waals surface area (Å²) in [5, 5.41) is 0. The molecule has 2 aliphatic rings. The highest BCUT2D eigenvalue weighted by Gasteiger charge is 2.34. The normalized spacial score (nSPS) is 36.8. The summed E-state index contributed by atoms with van der Waals surface area (Å²) < 4.78 is 0. The second-order valence-corrected chi connectivity index (χ2v) is 3.83. The third kappa shape index (κ3) is 1.13. The summed E-state index contributed by atoms with van der Waals surface area (Å²) in [7, 11) is 0. The maximum absolute atomic E-state index is 11.3. The molecule has 60 valence electrons. The largest absolute Gasteiger partial charge is 0.299 e. The van der Waals surface area contributed by atoms with Crippen LogP contribution < -0.4 is 0 Å². The van der Waals surface area contributed by atoms with Crippen LogP contribution in [0.5, 0.6) is 0 Å². The number of hydrogen-bond acceptors (Lipinski definition) is 1. The van der Waals surface area contributed by atoms with Gasteiger partial charge < -0.3 is 0 Å². The number of Topliss-reactive ketones (excluding diaryl/α,β-unsaturated/α-hetero) is 1. The second-order valence-electron chi connectivity index (χ2n) is 3.83. The Balaban J connectivity index is 2.20. The van der Waals surface area contributed by atoms with Crippen molar-refractivity contribution in [3.8, 4) is 0 Å². The fraction of sp³-hybridized carbons (Fsp3) is 0.700. The Kier molecular flexibility index (Phi) is 1.59. The molecule has 0 aromatic rings. The third-order valence-electron chi connectivity index (χ3n) is 3.00. The average Bonchev–Trinajstić information content (AvgIpc) is 2.32. The molecule has 0 spiro atoms. The molecule has 2 rings (SSSR count). The predicted octanol–water partition coefficient (Wildman–Crippen LogP) is 2.32. The standard InChI is InChI=1S/C10H14O/c1-7-2-4-9-8(6-7)3-5-10(9)11/h6,8-9H,2-5H2,1H3. The topological polar surface area (TPSA) is 17.1 Å². The molecule has 0 saturated heterocycles. The van der Waals surface area contributed by atoms with Gasteiger partial charge >= 0.3 is 0 Å². The van der Waals surface area contributed by atoms with E-state index in [4.69, 9.17) is 0 Å². The fourth-order valence-corrected chi connectivity index (χ4v) is 2.34. The average molecular weight is 150 g/mol. The Hall–Kier alpha value is -0.590. The first-order valence-corrected chi connectivity index (χ1v) is 4.47. The first-order chi connectivity index (χ1) is 5.27. The van der Waals surface area contributed by atoms with Crippen molar-refractivity contribution in [1.29, 1.82) is 0 Å². The van der Waals surface area contributed by atoms with E-state index in [9.17, 15) is 4.79 Å². The summed E-state index contributed by atoms with van der Waals surface area (Å²) in [6, 6.07) is 0. The molecule has 0 heterocycles. The van der Waals surface area contributed by atoms with E-state index in [-0.39, 0.29) is 0 Å². The number of hydrogen-bond donors (Lipinski definition) is 0. The first kappa shape index (κ1) is 7.08.